The molecular formula is C116H111F2Ir6N7O6S-6. The Balaban J connectivity index is 0.000000328. The molecule has 8 heterocycles. The molecule has 726 valence electrons. The Morgan fingerprint density at radius 1 is 0.442 bits per heavy atom. The molecule has 0 saturated heterocycles. The number of rotatable bonds is 15. The summed E-state index contributed by atoms with van der Waals surface area (Å²) < 4.78 is 27.1. The zero-order valence-electron chi connectivity index (χ0n) is 78.8. The van der Waals surface area contributed by atoms with Crippen molar-refractivity contribution in [1.82, 2.24) is 34.9 Å². The fourth-order valence-corrected chi connectivity index (χ4v) is 14.2. The number of halogens is 2. The number of hydrogen-bond acceptors (Lipinski definition) is 13. The van der Waals surface area contributed by atoms with Gasteiger partial charge in [-0.3, -0.25) is 13.6 Å². The monoisotopic (exact) mass is 2930 g/mol. The minimum atomic E-state index is -0.990. The van der Waals surface area contributed by atoms with E-state index in [1.807, 2.05) is 164 Å². The number of pyridine rings is 7. The molecule has 4 N–H and O–H groups in total. The van der Waals surface area contributed by atoms with Crippen LogP contribution in [-0.4, -0.2) is 73.2 Å². The topological polar surface area (TPSA) is 205 Å². The minimum absolute atomic E-state index is 0. The number of ketones is 1. The van der Waals surface area contributed by atoms with Crippen LogP contribution in [0.2, 0.25) is 0 Å². The van der Waals surface area contributed by atoms with E-state index >= 15 is 0 Å². The Kier molecular flexibility index (Phi) is 53.0. The molecule has 18 rings (SSSR count). The zero-order valence-corrected chi connectivity index (χ0v) is 93.9. The number of benzene rings is 10. The van der Waals surface area contributed by atoms with Gasteiger partial charge in [-0.25, -0.2) is 21.1 Å². The first-order valence-electron chi connectivity index (χ1n) is 43.9. The molecule has 0 bridgehead atoms. The van der Waals surface area contributed by atoms with Gasteiger partial charge in [0.1, 0.15) is 11.5 Å². The first-order valence-corrected chi connectivity index (χ1v) is 44.8. The van der Waals surface area contributed by atoms with E-state index in [-0.39, 0.29) is 160 Å². The Morgan fingerprint density at radius 2 is 0.935 bits per heavy atom. The molecule has 8 aromatic heterocycles. The summed E-state index contributed by atoms with van der Waals surface area (Å²) in [4.78, 5) is 52.5. The third-order valence-corrected chi connectivity index (χ3v) is 21.5. The van der Waals surface area contributed by atoms with Crippen LogP contribution in [-0.2, 0) is 137 Å². The van der Waals surface area contributed by atoms with Crippen molar-refractivity contribution in [3.8, 4) is 55.6 Å². The molecule has 0 aliphatic heterocycles. The Morgan fingerprint density at radius 3 is 1.41 bits per heavy atom. The number of allylic oxidation sites excluding steroid dienone is 3. The average Bonchev–Trinajstić information content (AvgIpc) is 1.11. The molecule has 0 amide bonds. The fourth-order valence-electron chi connectivity index (χ4n) is 13.3. The molecular weight excluding hydrogens is 2810 g/mol. The molecule has 6 radical (unpaired) electrons. The van der Waals surface area contributed by atoms with Gasteiger partial charge >= 0.3 is 5.97 Å². The van der Waals surface area contributed by atoms with Gasteiger partial charge in [-0.05, 0) is 149 Å². The number of thiophene rings is 1. The van der Waals surface area contributed by atoms with Crippen molar-refractivity contribution >= 4 is 87.2 Å². The third-order valence-electron chi connectivity index (χ3n) is 20.4. The molecule has 0 saturated carbocycles. The van der Waals surface area contributed by atoms with Crippen molar-refractivity contribution in [3.63, 3.8) is 0 Å². The number of aromatic carboxylic acids is 1. The quantitative estimate of drug-likeness (QED) is 0.0248. The molecule has 13 nitrogen and oxygen atoms in total. The van der Waals surface area contributed by atoms with E-state index < -0.39 is 29.1 Å². The van der Waals surface area contributed by atoms with E-state index in [0.717, 1.165) is 73.8 Å². The van der Waals surface area contributed by atoms with Gasteiger partial charge in [-0.2, -0.15) is 0 Å². The second kappa shape index (κ2) is 61.1. The number of hydrogen-bond donors (Lipinski definition) is 4. The second-order valence-corrected chi connectivity index (χ2v) is 35.1. The first-order chi connectivity index (χ1) is 63.5. The van der Waals surface area contributed by atoms with Crippen LogP contribution in [0.25, 0.3) is 120 Å². The van der Waals surface area contributed by atoms with Gasteiger partial charge in [0, 0.05) is 198 Å². The molecule has 1 atom stereocenters. The molecule has 10 aromatic carbocycles. The summed E-state index contributed by atoms with van der Waals surface area (Å²) in [6, 6.07) is 111. The number of aromatic nitrogens is 7. The van der Waals surface area contributed by atoms with E-state index in [9.17, 15) is 23.5 Å². The van der Waals surface area contributed by atoms with Crippen molar-refractivity contribution in [2.75, 3.05) is 0 Å². The van der Waals surface area contributed by atoms with Crippen LogP contribution >= 0.6 is 11.3 Å². The van der Waals surface area contributed by atoms with Gasteiger partial charge in [0.05, 0.1) is 11.9 Å². The molecule has 22 heteroatoms. The van der Waals surface area contributed by atoms with E-state index in [2.05, 4.69) is 245 Å². The van der Waals surface area contributed by atoms with Crippen molar-refractivity contribution < 1.29 is 159 Å². The normalized spacial score (nSPS) is 10.9. The number of carbonyl (C=O) groups excluding carboxylic acids is 1. The number of fused-ring (bicyclic) bond motifs is 7. The standard InChI is InChI=1S/C23H26N.C19H18N.C15H10N.C13H8NS.C13H8N.C11H6F2N.C11H20O2.C6H5NO2.C5H10O2.6Ir/c1-2-3-4-5-6-7-10-19-13-15-21(16-14-19)23-22-12-9-8-11-20(22)17-18-24-23;1-19(2,3)16-10-8-15(9-11-16)18-17-7-5-4-6-14(17)12-13-20-18;1-2-7-13(8-3-1)15-14-9-5-4-6-12(14)10-11-16-15;1-2-7-12-10(5-1)9-13(15-12)11-6-3-4-8-14-11;1-2-6-12-10(4-1)7-8-11-5-3-9-14-13(11)12;12-8-4-5-9(10(13)7-8)11-3-1-2-6-14-11;1-10(2,3)8(12)7-9(13)11(4,5)6;8-6(9)5-3-1-2-4-7-5;1-4(6)3-5(2)7;;;;;;/h8-9,11-15,17-18H,2-7,10H2,1H3;4-8,10-13H,1-3H3;1-7,9-11H;1-8H;1-5,7-9H;1-4,6-7H;7,12H,1-6H3;1-4H,(H,8,9);3-4,6-7H,1-2H3;;;;;;/q6*-1;;;;;;;;;/t;;;;;;;;4-;;;;;;/m........0....../s1. The van der Waals surface area contributed by atoms with Crippen molar-refractivity contribution in [2.45, 2.75) is 140 Å². The Bertz CT molecular complexity index is 6650. The Hall–Kier alpha value is -10.6. The van der Waals surface area contributed by atoms with E-state index in [4.69, 9.17) is 15.3 Å². The number of aliphatic hydroxyl groups excluding tert-OH is 3. The summed E-state index contributed by atoms with van der Waals surface area (Å²) in [6.07, 6.45) is 23.6. The molecule has 0 unspecified atom stereocenters. The SMILES string of the molecule is CC(C)(C)C(=O)C=C(O)C(C)(C)C.CC(C)(C)c1c[c-]c(-c2nccc3ccccc23)cc1.CC(O)=C[C@H](C)O.CCCCCCCCc1c[c-]c(-c2nccc3ccccc23)cc1.Fc1c[c-]c(-c2ccccn2)c(F)c1.O=C(O)c1ccccn1.[Ir].[Ir].[Ir].[Ir].[Ir].[Ir].[c-]1c(-c2ccccn2)sc2ccccc12.[c-]1cccc2ccc3cccnc3c12.[c-]1ccccc1-c1nccc2ccccc12. The average molecular weight is 2920 g/mol. The Labute approximate surface area is 895 Å². The van der Waals surface area contributed by atoms with Crippen LogP contribution in [0.1, 0.15) is 143 Å². The van der Waals surface area contributed by atoms with Gasteiger partial charge in [0.25, 0.3) is 0 Å². The summed E-state index contributed by atoms with van der Waals surface area (Å²) >= 11 is 1.73. The predicted octanol–water partition coefficient (Wildman–Crippen LogP) is 29.8. The molecule has 0 spiro atoms. The summed E-state index contributed by atoms with van der Waals surface area (Å²) in [6.45, 7) is 23.1. The number of nitrogens with zero attached hydrogens (tertiary/aromatic N) is 7. The van der Waals surface area contributed by atoms with Crippen LogP contribution in [0.4, 0.5) is 8.78 Å². The summed E-state index contributed by atoms with van der Waals surface area (Å²) in [7, 11) is 0. The van der Waals surface area contributed by atoms with Crippen molar-refractivity contribution in [1.29, 1.82) is 0 Å². The van der Waals surface area contributed by atoms with Gasteiger partial charge in [0.15, 0.2) is 5.78 Å². The van der Waals surface area contributed by atoms with E-state index in [1.54, 1.807) is 54.8 Å². The number of carbonyl (C=O) groups is 2. The molecule has 0 fully saturated rings. The van der Waals surface area contributed by atoms with Crippen LogP contribution in [0.15, 0.2) is 352 Å². The van der Waals surface area contributed by atoms with Gasteiger partial charge < -0.3 is 50.3 Å². The van der Waals surface area contributed by atoms with Gasteiger partial charge in [-0.15, -0.1) is 177 Å². The zero-order chi connectivity index (χ0) is 94.4. The smallest absolute Gasteiger partial charge is 0.354 e. The van der Waals surface area contributed by atoms with Crippen LogP contribution < -0.4 is 0 Å². The van der Waals surface area contributed by atoms with Gasteiger partial charge in [0.2, 0.25) is 0 Å². The number of aryl methyl sites for hydroxylation is 1. The number of aliphatic hydroxyl groups is 3. The molecule has 18 aromatic rings. The minimum Gasteiger partial charge on any atom is -0.513 e. The summed E-state index contributed by atoms with van der Waals surface area (Å²) in [5, 5.41) is 46.6. The van der Waals surface area contributed by atoms with Crippen molar-refractivity contribution in [3.05, 3.63) is 417 Å². The summed E-state index contributed by atoms with van der Waals surface area (Å²) in [5.41, 5.74) is 11.0. The maximum atomic E-state index is 13.2. The number of unbranched alkanes of at least 4 members (excludes halogenated alkanes) is 5. The molecule has 0 aliphatic rings. The van der Waals surface area contributed by atoms with Crippen LogP contribution in [0, 0.1) is 58.9 Å². The van der Waals surface area contributed by atoms with Gasteiger partial charge in [-0.1, -0.05) is 259 Å². The number of carboxylic acid groups (broad SMARTS) is 1. The maximum absolute atomic E-state index is 13.2. The fraction of sp³-hybridized carbons (Fsp3) is 0.198. The molecule has 0 aliphatic carbocycles. The van der Waals surface area contributed by atoms with Crippen molar-refractivity contribution in [2.24, 2.45) is 10.8 Å². The predicted molar refractivity (Wildman–Crippen MR) is 538 cm³/mol. The van der Waals surface area contributed by atoms with E-state index in [0.29, 0.717) is 5.69 Å². The summed E-state index contributed by atoms with van der Waals surface area (Å²) in [5.74, 6) is -2.01. The first kappa shape index (κ1) is 120. The number of carboxylic acids is 1. The van der Waals surface area contributed by atoms with E-state index in [1.165, 1.54) is 134 Å². The largest absolute Gasteiger partial charge is 0.513 e. The molecule has 138 heavy (non-hydrogen) atoms. The second-order valence-electron chi connectivity index (χ2n) is 34.0. The maximum Gasteiger partial charge on any atom is 0.354 e. The third kappa shape index (κ3) is 38.2. The van der Waals surface area contributed by atoms with Crippen LogP contribution in [0.3, 0.4) is 0 Å². The van der Waals surface area contributed by atoms with Crippen LogP contribution in [0.5, 0.6) is 0 Å².